The van der Waals surface area contributed by atoms with Crippen LogP contribution >= 0.6 is 0 Å². The van der Waals surface area contributed by atoms with Crippen LogP contribution in [0.1, 0.15) is 56.6 Å². The molecular formula is C23H34N3O4+. The lowest BCUT2D eigenvalue weighted by atomic mass is 9.97. The summed E-state index contributed by atoms with van der Waals surface area (Å²) < 4.78 is 10.9. The molecule has 1 aromatic rings. The Bertz CT molecular complexity index is 778. The maximum atomic E-state index is 12.5. The van der Waals surface area contributed by atoms with Gasteiger partial charge >= 0.3 is 6.03 Å². The molecule has 1 aromatic carbocycles. The summed E-state index contributed by atoms with van der Waals surface area (Å²) >= 11 is 0. The first-order valence-electron chi connectivity index (χ1n) is 10.9. The molecule has 0 saturated carbocycles. The summed E-state index contributed by atoms with van der Waals surface area (Å²) in [7, 11) is 3.29. The molecule has 1 fully saturated rings. The fourth-order valence-corrected chi connectivity index (χ4v) is 4.50. The molecule has 0 spiro atoms. The van der Waals surface area contributed by atoms with E-state index >= 15 is 0 Å². The van der Waals surface area contributed by atoms with Crippen molar-refractivity contribution in [1.29, 1.82) is 0 Å². The maximum Gasteiger partial charge on any atom is 0.321 e. The number of carbonyl (C=O) groups is 2. The zero-order valence-electron chi connectivity index (χ0n) is 18.1. The van der Waals surface area contributed by atoms with E-state index in [0.29, 0.717) is 6.54 Å². The predicted octanol–water partition coefficient (Wildman–Crippen LogP) is 2.14. The first kappa shape index (κ1) is 22.2. The Balaban J connectivity index is 1.50. The molecule has 7 heteroatoms. The molecule has 2 atom stereocenters. The fraction of sp³-hybridized carbons (Fsp3) is 0.565. The smallest absolute Gasteiger partial charge is 0.321 e. The lowest BCUT2D eigenvalue weighted by Crippen LogP contribution is -3.11. The lowest BCUT2D eigenvalue weighted by Gasteiger charge is -2.23. The number of hydrogen-bond acceptors (Lipinski definition) is 4. The first-order chi connectivity index (χ1) is 14.6. The van der Waals surface area contributed by atoms with Gasteiger partial charge in [-0.25, -0.2) is 4.79 Å². The van der Waals surface area contributed by atoms with E-state index < -0.39 is 6.03 Å². The SMILES string of the molecule is COc1ccc(OC)c([C@H]2CCC[NH+]2CC(=O)NC(=O)NCCC2=CCCCC2)c1. The molecule has 7 nitrogen and oxygen atoms in total. The van der Waals surface area contributed by atoms with E-state index in [1.54, 1.807) is 14.2 Å². The average molecular weight is 417 g/mol. The van der Waals surface area contributed by atoms with Crippen molar-refractivity contribution in [3.8, 4) is 11.5 Å². The Morgan fingerprint density at radius 1 is 1.17 bits per heavy atom. The van der Waals surface area contributed by atoms with Gasteiger partial charge in [-0.2, -0.15) is 0 Å². The number of ether oxygens (including phenoxy) is 2. The Hall–Kier alpha value is -2.54. The van der Waals surface area contributed by atoms with Gasteiger partial charge in [0.1, 0.15) is 17.5 Å². The summed E-state index contributed by atoms with van der Waals surface area (Å²) in [5.41, 5.74) is 2.45. The van der Waals surface area contributed by atoms with Crippen molar-refractivity contribution in [2.75, 3.05) is 33.9 Å². The highest BCUT2D eigenvalue weighted by molar-refractivity contribution is 5.94. The average Bonchev–Trinajstić information content (AvgIpc) is 3.21. The summed E-state index contributed by atoms with van der Waals surface area (Å²) in [6.07, 6.45) is 9.87. The number of rotatable bonds is 8. The van der Waals surface area contributed by atoms with Gasteiger partial charge in [0.15, 0.2) is 6.54 Å². The van der Waals surface area contributed by atoms with E-state index in [4.69, 9.17) is 9.47 Å². The van der Waals surface area contributed by atoms with Crippen LogP contribution in [-0.4, -0.2) is 45.8 Å². The summed E-state index contributed by atoms with van der Waals surface area (Å²) in [5, 5.41) is 5.29. The lowest BCUT2D eigenvalue weighted by molar-refractivity contribution is -0.910. The molecule has 30 heavy (non-hydrogen) atoms. The van der Waals surface area contributed by atoms with Gasteiger partial charge in [0.2, 0.25) is 0 Å². The molecule has 164 valence electrons. The second kappa shape index (κ2) is 11.0. The Labute approximate surface area is 178 Å². The molecule has 3 rings (SSSR count). The number of benzene rings is 1. The van der Waals surface area contributed by atoms with Crippen LogP contribution in [0.3, 0.4) is 0 Å². The highest BCUT2D eigenvalue weighted by atomic mass is 16.5. The van der Waals surface area contributed by atoms with E-state index in [1.165, 1.54) is 18.4 Å². The quantitative estimate of drug-likeness (QED) is 0.567. The third-order valence-electron chi connectivity index (χ3n) is 6.05. The van der Waals surface area contributed by atoms with Crippen LogP contribution in [0.15, 0.2) is 29.8 Å². The van der Waals surface area contributed by atoms with Crippen molar-refractivity contribution in [3.63, 3.8) is 0 Å². The number of imide groups is 1. The highest BCUT2D eigenvalue weighted by Gasteiger charge is 2.34. The zero-order valence-corrected chi connectivity index (χ0v) is 18.1. The number of methoxy groups -OCH3 is 2. The minimum absolute atomic E-state index is 0.141. The summed E-state index contributed by atoms with van der Waals surface area (Å²) in [6.45, 7) is 1.70. The molecule has 1 unspecified atom stereocenters. The molecule has 1 aliphatic carbocycles. The van der Waals surface area contributed by atoms with Crippen LogP contribution in [0.25, 0.3) is 0 Å². The van der Waals surface area contributed by atoms with Crippen LogP contribution in [-0.2, 0) is 4.79 Å². The van der Waals surface area contributed by atoms with E-state index in [-0.39, 0.29) is 18.5 Å². The van der Waals surface area contributed by atoms with Crippen LogP contribution in [0.4, 0.5) is 4.79 Å². The van der Waals surface area contributed by atoms with Crippen molar-refractivity contribution in [2.45, 2.75) is 51.0 Å². The zero-order chi connectivity index (χ0) is 21.3. The molecule has 1 aliphatic heterocycles. The van der Waals surface area contributed by atoms with Crippen LogP contribution in [0.2, 0.25) is 0 Å². The number of quaternary nitrogens is 1. The third kappa shape index (κ3) is 5.98. The summed E-state index contributed by atoms with van der Waals surface area (Å²) in [5.74, 6) is 1.32. The molecule has 2 aliphatic rings. The molecule has 0 aromatic heterocycles. The first-order valence-corrected chi connectivity index (χ1v) is 10.9. The van der Waals surface area contributed by atoms with Crippen LogP contribution < -0.4 is 25.0 Å². The monoisotopic (exact) mass is 416 g/mol. The molecule has 3 amide bonds. The van der Waals surface area contributed by atoms with E-state index in [0.717, 1.165) is 60.6 Å². The molecule has 0 bridgehead atoms. The fourth-order valence-electron chi connectivity index (χ4n) is 4.50. The number of amides is 3. The van der Waals surface area contributed by atoms with Crippen molar-refractivity contribution in [1.82, 2.24) is 10.6 Å². The number of urea groups is 1. The van der Waals surface area contributed by atoms with Gasteiger partial charge in [0.25, 0.3) is 5.91 Å². The van der Waals surface area contributed by atoms with E-state index in [2.05, 4.69) is 16.7 Å². The Morgan fingerprint density at radius 3 is 2.77 bits per heavy atom. The van der Waals surface area contributed by atoms with Gasteiger partial charge in [-0.15, -0.1) is 0 Å². The van der Waals surface area contributed by atoms with Gasteiger partial charge < -0.3 is 19.7 Å². The molecule has 1 heterocycles. The van der Waals surface area contributed by atoms with Gasteiger partial charge in [0.05, 0.1) is 26.3 Å². The van der Waals surface area contributed by atoms with Gasteiger partial charge in [0, 0.05) is 19.4 Å². The van der Waals surface area contributed by atoms with E-state index in [9.17, 15) is 9.59 Å². The molecular weight excluding hydrogens is 382 g/mol. The largest absolute Gasteiger partial charge is 0.497 e. The van der Waals surface area contributed by atoms with Crippen LogP contribution in [0, 0.1) is 0 Å². The molecule has 1 saturated heterocycles. The standard InChI is InChI=1S/C23H33N3O4/c1-29-18-10-11-21(30-2)19(15-18)20-9-6-14-26(20)16-22(27)25-23(28)24-13-12-17-7-4-3-5-8-17/h7,10-11,15,20H,3-6,8-9,12-14,16H2,1-2H3,(H2,24,25,27,28)/p+1/t20-/m1/s1. The van der Waals surface area contributed by atoms with Crippen molar-refractivity contribution < 1.29 is 24.0 Å². The number of hydrogen-bond donors (Lipinski definition) is 3. The minimum Gasteiger partial charge on any atom is -0.497 e. The third-order valence-corrected chi connectivity index (χ3v) is 6.05. The maximum absolute atomic E-state index is 12.5. The number of carbonyl (C=O) groups excluding carboxylic acids is 2. The second-order valence-electron chi connectivity index (χ2n) is 8.05. The molecule has 0 radical (unpaired) electrons. The van der Waals surface area contributed by atoms with Crippen molar-refractivity contribution in [3.05, 3.63) is 35.4 Å². The summed E-state index contributed by atoms with van der Waals surface area (Å²) in [6, 6.07) is 5.49. The summed E-state index contributed by atoms with van der Waals surface area (Å²) in [4.78, 5) is 25.7. The predicted molar refractivity (Wildman–Crippen MR) is 115 cm³/mol. The van der Waals surface area contributed by atoms with Gasteiger partial charge in [-0.1, -0.05) is 11.6 Å². The molecule has 3 N–H and O–H groups in total. The Morgan fingerprint density at radius 2 is 2.03 bits per heavy atom. The van der Waals surface area contributed by atoms with Crippen molar-refractivity contribution in [2.24, 2.45) is 0 Å². The Kier molecular flexibility index (Phi) is 8.13. The number of allylic oxidation sites excluding steroid dienone is 1. The van der Waals surface area contributed by atoms with E-state index in [1.807, 2.05) is 18.2 Å². The van der Waals surface area contributed by atoms with Gasteiger partial charge in [-0.3, -0.25) is 10.1 Å². The number of likely N-dealkylation sites (tertiary alicyclic amines) is 1. The number of nitrogens with one attached hydrogen (secondary N) is 3. The van der Waals surface area contributed by atoms with Crippen molar-refractivity contribution >= 4 is 11.9 Å². The normalized spacial score (nSPS) is 20.9. The van der Waals surface area contributed by atoms with Crippen LogP contribution in [0.5, 0.6) is 11.5 Å². The topological polar surface area (TPSA) is 81.1 Å². The second-order valence-corrected chi connectivity index (χ2v) is 8.05. The van der Waals surface area contributed by atoms with Gasteiger partial charge in [-0.05, 0) is 50.3 Å². The highest BCUT2D eigenvalue weighted by Crippen LogP contribution is 2.31. The minimum atomic E-state index is -0.412.